The average molecular weight is 274 g/mol. The largest absolute Gasteiger partial charge is 0.465 e. The first-order valence-electron chi connectivity index (χ1n) is 3.59. The van der Waals surface area contributed by atoms with Crippen LogP contribution in [0.25, 0.3) is 0 Å². The summed E-state index contributed by atoms with van der Waals surface area (Å²) in [7, 11) is -1.77. The summed E-state index contributed by atoms with van der Waals surface area (Å²) in [5, 5.41) is 8.81. The minimum Gasteiger partial charge on any atom is -0.465 e. The zero-order valence-corrected chi connectivity index (χ0v) is 9.64. The highest BCUT2D eigenvalue weighted by Gasteiger charge is 2.13. The number of alkyl halides is 1. The van der Waals surface area contributed by atoms with Crippen molar-refractivity contribution in [1.29, 1.82) is 0 Å². The van der Waals surface area contributed by atoms with Crippen molar-refractivity contribution in [2.75, 3.05) is 30.4 Å². The number of hydrogen-bond acceptors (Lipinski definition) is 3. The number of carbonyl (C=O) groups is 1. The van der Waals surface area contributed by atoms with E-state index in [0.29, 0.717) is 5.33 Å². The molecule has 0 aliphatic carbocycles. The second kappa shape index (κ2) is 5.43. The highest BCUT2D eigenvalue weighted by molar-refractivity contribution is 9.09. The first-order valence-corrected chi connectivity index (χ1v) is 6.54. The van der Waals surface area contributed by atoms with Gasteiger partial charge in [-0.3, -0.25) is 0 Å². The Morgan fingerprint density at radius 1 is 1.46 bits per heavy atom. The van der Waals surface area contributed by atoms with Crippen molar-refractivity contribution >= 4 is 31.9 Å². The fraction of sp³-hybridized carbons (Fsp3) is 0.833. The standard InChI is InChI=1S/C6H12BrNO4S/c1-8(6(9)10)3-5-13(11,12)4-2-7/h2-5H2,1H3,(H,9,10). The summed E-state index contributed by atoms with van der Waals surface area (Å²) < 4.78 is 22.2. The van der Waals surface area contributed by atoms with Gasteiger partial charge in [-0.15, -0.1) is 0 Å². The molecule has 0 atom stereocenters. The molecule has 0 aromatic carbocycles. The first-order chi connectivity index (χ1) is 5.89. The van der Waals surface area contributed by atoms with E-state index in [-0.39, 0.29) is 18.1 Å². The Morgan fingerprint density at radius 2 is 2.00 bits per heavy atom. The maximum atomic E-state index is 11.1. The number of carboxylic acid groups (broad SMARTS) is 1. The van der Waals surface area contributed by atoms with E-state index >= 15 is 0 Å². The van der Waals surface area contributed by atoms with Crippen LogP contribution in [0.15, 0.2) is 0 Å². The molecule has 0 bridgehead atoms. The minimum atomic E-state index is -3.11. The second-order valence-corrected chi connectivity index (χ2v) is 5.64. The van der Waals surface area contributed by atoms with Crippen LogP contribution in [-0.2, 0) is 9.84 Å². The maximum Gasteiger partial charge on any atom is 0.407 e. The minimum absolute atomic E-state index is 0.0185. The van der Waals surface area contributed by atoms with Crippen LogP contribution in [0, 0.1) is 0 Å². The van der Waals surface area contributed by atoms with Gasteiger partial charge in [-0.1, -0.05) is 15.9 Å². The van der Waals surface area contributed by atoms with Crippen molar-refractivity contribution in [3.63, 3.8) is 0 Å². The molecule has 0 heterocycles. The number of amides is 1. The average Bonchev–Trinajstić information content (AvgIpc) is 2.00. The van der Waals surface area contributed by atoms with Crippen molar-refractivity contribution in [1.82, 2.24) is 4.90 Å². The topological polar surface area (TPSA) is 74.7 Å². The van der Waals surface area contributed by atoms with Gasteiger partial charge in [0.2, 0.25) is 0 Å². The van der Waals surface area contributed by atoms with Crippen LogP contribution in [0.1, 0.15) is 0 Å². The highest BCUT2D eigenvalue weighted by atomic mass is 79.9. The molecule has 0 unspecified atom stereocenters. The zero-order valence-electron chi connectivity index (χ0n) is 7.23. The molecule has 1 amide bonds. The highest BCUT2D eigenvalue weighted by Crippen LogP contribution is 1.95. The number of rotatable bonds is 5. The van der Waals surface area contributed by atoms with Gasteiger partial charge in [0.1, 0.15) is 0 Å². The van der Waals surface area contributed by atoms with Gasteiger partial charge >= 0.3 is 6.09 Å². The molecule has 0 rings (SSSR count). The van der Waals surface area contributed by atoms with Gasteiger partial charge in [0, 0.05) is 18.9 Å². The molecule has 78 valence electrons. The number of sulfone groups is 1. The Labute approximate surface area is 85.8 Å². The molecular weight excluding hydrogens is 262 g/mol. The quantitative estimate of drug-likeness (QED) is 0.737. The molecule has 0 aliphatic heterocycles. The summed E-state index contributed by atoms with van der Waals surface area (Å²) in [4.78, 5) is 11.2. The van der Waals surface area contributed by atoms with Crippen molar-refractivity contribution < 1.29 is 18.3 Å². The molecular formula is C6H12BrNO4S. The molecule has 13 heavy (non-hydrogen) atoms. The summed E-state index contributed by atoms with van der Waals surface area (Å²) in [6.45, 7) is 0.0185. The number of halogens is 1. The number of nitrogens with zero attached hydrogens (tertiary/aromatic N) is 1. The summed E-state index contributed by atoms with van der Waals surface area (Å²) in [6.07, 6.45) is -1.12. The van der Waals surface area contributed by atoms with E-state index in [1.807, 2.05) is 0 Å². The fourth-order valence-electron chi connectivity index (χ4n) is 0.591. The van der Waals surface area contributed by atoms with E-state index in [9.17, 15) is 13.2 Å². The molecule has 0 aliphatic rings. The Bertz CT molecular complexity index is 264. The van der Waals surface area contributed by atoms with E-state index in [1.165, 1.54) is 7.05 Å². The molecule has 7 heteroatoms. The third kappa shape index (κ3) is 5.87. The molecule has 1 N–H and O–H groups in total. The summed E-state index contributed by atoms with van der Waals surface area (Å²) in [5.74, 6) is -0.0815. The summed E-state index contributed by atoms with van der Waals surface area (Å²) in [5.41, 5.74) is 0. The maximum absolute atomic E-state index is 11.1. The van der Waals surface area contributed by atoms with Crippen LogP contribution in [0.2, 0.25) is 0 Å². The molecule has 0 fully saturated rings. The van der Waals surface area contributed by atoms with Crippen LogP contribution in [0.5, 0.6) is 0 Å². The number of hydrogen-bond donors (Lipinski definition) is 1. The van der Waals surface area contributed by atoms with E-state index in [1.54, 1.807) is 0 Å². The Balaban J connectivity index is 3.95. The van der Waals surface area contributed by atoms with Crippen LogP contribution < -0.4 is 0 Å². The van der Waals surface area contributed by atoms with Crippen molar-refractivity contribution in [3.8, 4) is 0 Å². The van der Waals surface area contributed by atoms with Crippen molar-refractivity contribution in [2.24, 2.45) is 0 Å². The molecule has 0 saturated heterocycles. The third-order valence-corrected chi connectivity index (χ3v) is 4.00. The van der Waals surface area contributed by atoms with Gasteiger partial charge in [-0.2, -0.15) is 0 Å². The molecule has 0 aromatic rings. The predicted octanol–water partition coefficient (Wildman–Crippen LogP) is 0.406. The van der Waals surface area contributed by atoms with Crippen LogP contribution >= 0.6 is 15.9 Å². The third-order valence-electron chi connectivity index (χ3n) is 1.45. The molecule has 0 radical (unpaired) electrons. The van der Waals surface area contributed by atoms with Gasteiger partial charge in [0.25, 0.3) is 0 Å². The van der Waals surface area contributed by atoms with Crippen molar-refractivity contribution in [3.05, 3.63) is 0 Å². The zero-order chi connectivity index (χ0) is 10.5. The van der Waals surface area contributed by atoms with E-state index in [0.717, 1.165) is 4.90 Å². The van der Waals surface area contributed by atoms with Gasteiger partial charge in [0.15, 0.2) is 9.84 Å². The van der Waals surface area contributed by atoms with E-state index in [2.05, 4.69) is 15.9 Å². The smallest absolute Gasteiger partial charge is 0.407 e. The molecule has 0 aromatic heterocycles. The fourth-order valence-corrected chi connectivity index (χ4v) is 3.06. The summed E-state index contributed by atoms with van der Waals surface area (Å²) >= 11 is 3.01. The molecule has 0 saturated carbocycles. The van der Waals surface area contributed by atoms with E-state index < -0.39 is 15.9 Å². The van der Waals surface area contributed by atoms with E-state index in [4.69, 9.17) is 5.11 Å². The lowest BCUT2D eigenvalue weighted by Gasteiger charge is -2.11. The molecule has 5 nitrogen and oxygen atoms in total. The van der Waals surface area contributed by atoms with Gasteiger partial charge in [-0.25, -0.2) is 13.2 Å². The lowest BCUT2D eigenvalue weighted by atomic mass is 10.7. The van der Waals surface area contributed by atoms with Crippen LogP contribution in [0.4, 0.5) is 4.79 Å². The van der Waals surface area contributed by atoms with Gasteiger partial charge in [-0.05, 0) is 0 Å². The SMILES string of the molecule is CN(CCS(=O)(=O)CCBr)C(=O)O. The Hall–Kier alpha value is -0.300. The molecule has 0 spiro atoms. The first kappa shape index (κ1) is 12.7. The van der Waals surface area contributed by atoms with Gasteiger partial charge < -0.3 is 10.0 Å². The second-order valence-electron chi connectivity index (χ2n) is 2.54. The Kier molecular flexibility index (Phi) is 5.31. The lowest BCUT2D eigenvalue weighted by molar-refractivity contribution is 0.158. The summed E-state index contributed by atoms with van der Waals surface area (Å²) in [6, 6.07) is 0. The predicted molar refractivity (Wildman–Crippen MR) is 53.1 cm³/mol. The normalized spacial score (nSPS) is 11.2. The Morgan fingerprint density at radius 3 is 2.38 bits per heavy atom. The van der Waals surface area contributed by atoms with Crippen molar-refractivity contribution in [2.45, 2.75) is 0 Å². The lowest BCUT2D eigenvalue weighted by Crippen LogP contribution is -2.31. The van der Waals surface area contributed by atoms with Crippen LogP contribution in [-0.4, -0.2) is 54.9 Å². The van der Waals surface area contributed by atoms with Gasteiger partial charge in [0.05, 0.1) is 11.5 Å². The monoisotopic (exact) mass is 273 g/mol. The van der Waals surface area contributed by atoms with Crippen LogP contribution in [0.3, 0.4) is 0 Å².